The highest BCUT2D eigenvalue weighted by molar-refractivity contribution is 6.32. The van der Waals surface area contributed by atoms with Gasteiger partial charge in [0.25, 0.3) is 0 Å². The largest absolute Gasteiger partial charge is 0.465 e. The van der Waals surface area contributed by atoms with E-state index in [-0.39, 0.29) is 17.4 Å². The van der Waals surface area contributed by atoms with E-state index >= 15 is 0 Å². The van der Waals surface area contributed by atoms with Gasteiger partial charge in [-0.25, -0.2) is 4.39 Å². The summed E-state index contributed by atoms with van der Waals surface area (Å²) in [5, 5.41) is -0.0412. The van der Waals surface area contributed by atoms with Gasteiger partial charge in [0.2, 0.25) is 0 Å². The van der Waals surface area contributed by atoms with Crippen molar-refractivity contribution in [2.24, 2.45) is 5.41 Å². The van der Waals surface area contributed by atoms with E-state index in [1.165, 1.54) is 26.0 Å². The fraction of sp³-hybridized carbons (Fsp3) is 0.500. The molecule has 1 aromatic carbocycles. The summed E-state index contributed by atoms with van der Waals surface area (Å²) >= 11 is 5.79. The van der Waals surface area contributed by atoms with Crippen molar-refractivity contribution in [2.75, 3.05) is 6.61 Å². The molecule has 0 heterocycles. The lowest BCUT2D eigenvalue weighted by atomic mass is 9.94. The fourth-order valence-electron chi connectivity index (χ4n) is 1.58. The minimum absolute atomic E-state index is 0.0412. The van der Waals surface area contributed by atoms with Crippen molar-refractivity contribution in [1.82, 2.24) is 0 Å². The summed E-state index contributed by atoms with van der Waals surface area (Å²) in [5.74, 6) is -2.78. The van der Waals surface area contributed by atoms with Crippen molar-refractivity contribution >= 4 is 23.5 Å². The SMILES string of the molecule is CCCCCOC(=O)C(C)(C)C(=O)Oc1c(F)cccc1Cl. The molecule has 0 saturated carbocycles. The van der Waals surface area contributed by atoms with E-state index in [9.17, 15) is 14.0 Å². The van der Waals surface area contributed by atoms with E-state index in [1.54, 1.807) is 0 Å². The third-order valence-corrected chi connectivity index (χ3v) is 3.41. The molecule has 0 bridgehead atoms. The first-order valence-corrected chi connectivity index (χ1v) is 7.52. The number of hydrogen-bond acceptors (Lipinski definition) is 4. The zero-order valence-corrected chi connectivity index (χ0v) is 13.7. The Morgan fingerprint density at radius 2 is 1.91 bits per heavy atom. The summed E-state index contributed by atoms with van der Waals surface area (Å²) in [4.78, 5) is 24.1. The normalized spacial score (nSPS) is 11.1. The average Bonchev–Trinajstić information content (AvgIpc) is 2.47. The van der Waals surface area contributed by atoms with Crippen LogP contribution in [0, 0.1) is 11.2 Å². The second kappa shape index (κ2) is 8.13. The Kier molecular flexibility index (Phi) is 6.81. The average molecular weight is 331 g/mol. The minimum Gasteiger partial charge on any atom is -0.465 e. The second-order valence-electron chi connectivity index (χ2n) is 5.41. The lowest BCUT2D eigenvalue weighted by Gasteiger charge is -2.21. The Hall–Kier alpha value is -1.62. The third kappa shape index (κ3) is 4.70. The van der Waals surface area contributed by atoms with Crippen LogP contribution in [0.4, 0.5) is 4.39 Å². The second-order valence-corrected chi connectivity index (χ2v) is 5.82. The first-order valence-electron chi connectivity index (χ1n) is 7.14. The number of esters is 2. The Labute approximate surface area is 134 Å². The Morgan fingerprint density at radius 1 is 1.23 bits per heavy atom. The van der Waals surface area contributed by atoms with Gasteiger partial charge in [0.15, 0.2) is 17.0 Å². The Balaban J connectivity index is 2.71. The quantitative estimate of drug-likeness (QED) is 0.326. The molecule has 0 unspecified atom stereocenters. The van der Waals surface area contributed by atoms with Crippen LogP contribution in [-0.2, 0) is 14.3 Å². The van der Waals surface area contributed by atoms with Gasteiger partial charge in [-0.15, -0.1) is 0 Å². The lowest BCUT2D eigenvalue weighted by Crippen LogP contribution is -2.38. The standard InChI is InChI=1S/C16H20ClFO4/c1-4-5-6-10-21-14(19)16(2,3)15(20)22-13-11(17)8-7-9-12(13)18/h7-9H,4-6,10H2,1-3H3. The maximum Gasteiger partial charge on any atom is 0.328 e. The molecule has 0 aromatic heterocycles. The van der Waals surface area contributed by atoms with Crippen molar-refractivity contribution in [2.45, 2.75) is 40.0 Å². The predicted molar refractivity (Wildman–Crippen MR) is 81.3 cm³/mol. The summed E-state index contributed by atoms with van der Waals surface area (Å²) in [6, 6.07) is 3.90. The van der Waals surface area contributed by atoms with Gasteiger partial charge in [0, 0.05) is 0 Å². The number of benzene rings is 1. The summed E-state index contributed by atoms with van der Waals surface area (Å²) < 4.78 is 23.6. The van der Waals surface area contributed by atoms with E-state index in [1.807, 2.05) is 6.92 Å². The Morgan fingerprint density at radius 3 is 2.50 bits per heavy atom. The van der Waals surface area contributed by atoms with Crippen LogP contribution in [0.1, 0.15) is 40.0 Å². The van der Waals surface area contributed by atoms with Crippen molar-refractivity contribution < 1.29 is 23.5 Å². The number of unbranched alkanes of at least 4 members (excludes halogenated alkanes) is 2. The minimum atomic E-state index is -1.54. The van der Waals surface area contributed by atoms with Crippen LogP contribution < -0.4 is 4.74 Å². The molecular formula is C16H20ClFO4. The van der Waals surface area contributed by atoms with Crippen molar-refractivity contribution in [3.63, 3.8) is 0 Å². The molecule has 0 N–H and O–H groups in total. The molecule has 0 saturated heterocycles. The van der Waals surface area contributed by atoms with Crippen molar-refractivity contribution in [3.05, 3.63) is 29.0 Å². The van der Waals surface area contributed by atoms with Gasteiger partial charge in [0.05, 0.1) is 11.6 Å². The fourth-order valence-corrected chi connectivity index (χ4v) is 1.78. The molecule has 0 aliphatic carbocycles. The van der Waals surface area contributed by atoms with Gasteiger partial charge in [-0.2, -0.15) is 0 Å². The molecule has 0 fully saturated rings. The summed E-state index contributed by atoms with van der Waals surface area (Å²) in [5.41, 5.74) is -1.54. The number of rotatable bonds is 7. The van der Waals surface area contributed by atoms with E-state index in [4.69, 9.17) is 21.1 Å². The molecule has 0 radical (unpaired) electrons. The number of carbonyl (C=O) groups is 2. The number of carbonyl (C=O) groups excluding carboxylic acids is 2. The molecule has 0 aliphatic heterocycles. The lowest BCUT2D eigenvalue weighted by molar-refractivity contribution is -0.164. The highest BCUT2D eigenvalue weighted by atomic mass is 35.5. The van der Waals surface area contributed by atoms with Crippen molar-refractivity contribution in [1.29, 1.82) is 0 Å². The summed E-state index contributed by atoms with van der Waals surface area (Å²) in [6.45, 7) is 5.00. The molecule has 1 aromatic rings. The zero-order chi connectivity index (χ0) is 16.8. The molecule has 1 rings (SSSR count). The van der Waals surface area contributed by atoms with Crippen LogP contribution >= 0.6 is 11.6 Å². The van der Waals surface area contributed by atoms with E-state index in [0.717, 1.165) is 25.3 Å². The monoisotopic (exact) mass is 330 g/mol. The summed E-state index contributed by atoms with van der Waals surface area (Å²) in [7, 11) is 0. The smallest absolute Gasteiger partial charge is 0.328 e. The Bertz CT molecular complexity index is 523. The highest BCUT2D eigenvalue weighted by Gasteiger charge is 2.40. The molecule has 22 heavy (non-hydrogen) atoms. The maximum atomic E-state index is 13.6. The number of para-hydroxylation sites is 1. The van der Waals surface area contributed by atoms with Gasteiger partial charge in [0.1, 0.15) is 0 Å². The zero-order valence-electron chi connectivity index (χ0n) is 12.9. The third-order valence-electron chi connectivity index (χ3n) is 3.12. The van der Waals surface area contributed by atoms with Crippen LogP contribution in [0.5, 0.6) is 5.75 Å². The molecule has 0 spiro atoms. The van der Waals surface area contributed by atoms with Gasteiger partial charge in [-0.3, -0.25) is 9.59 Å². The molecule has 0 amide bonds. The highest BCUT2D eigenvalue weighted by Crippen LogP contribution is 2.30. The molecule has 0 atom stereocenters. The molecule has 122 valence electrons. The number of ether oxygens (including phenoxy) is 2. The number of hydrogen-bond donors (Lipinski definition) is 0. The van der Waals surface area contributed by atoms with Crippen molar-refractivity contribution in [3.8, 4) is 5.75 Å². The molecule has 0 aliphatic rings. The van der Waals surface area contributed by atoms with Gasteiger partial charge in [-0.1, -0.05) is 37.4 Å². The van der Waals surface area contributed by atoms with Crippen LogP contribution in [-0.4, -0.2) is 18.5 Å². The first kappa shape index (κ1) is 18.4. The van der Waals surface area contributed by atoms with Crippen LogP contribution in [0.15, 0.2) is 18.2 Å². The maximum absolute atomic E-state index is 13.6. The van der Waals surface area contributed by atoms with Gasteiger partial charge < -0.3 is 9.47 Å². The van der Waals surface area contributed by atoms with Crippen LogP contribution in [0.25, 0.3) is 0 Å². The van der Waals surface area contributed by atoms with E-state index < -0.39 is 23.2 Å². The molecule has 6 heteroatoms. The first-order chi connectivity index (χ1) is 10.3. The van der Waals surface area contributed by atoms with Gasteiger partial charge in [-0.05, 0) is 32.4 Å². The van der Waals surface area contributed by atoms with Gasteiger partial charge >= 0.3 is 11.9 Å². The predicted octanol–water partition coefficient (Wildman–Crippen LogP) is 4.14. The van der Waals surface area contributed by atoms with Crippen LogP contribution in [0.2, 0.25) is 5.02 Å². The van der Waals surface area contributed by atoms with E-state index in [0.29, 0.717) is 0 Å². The molecule has 4 nitrogen and oxygen atoms in total. The molecular weight excluding hydrogens is 311 g/mol. The number of halogens is 2. The summed E-state index contributed by atoms with van der Waals surface area (Å²) in [6.07, 6.45) is 2.66. The topological polar surface area (TPSA) is 52.6 Å². The van der Waals surface area contributed by atoms with E-state index in [2.05, 4.69) is 0 Å². The van der Waals surface area contributed by atoms with Crippen LogP contribution in [0.3, 0.4) is 0 Å².